The topological polar surface area (TPSA) is 32.3 Å². The second kappa shape index (κ2) is 11.4. The molecule has 32 heavy (non-hydrogen) atoms. The first-order chi connectivity index (χ1) is 15.2. The van der Waals surface area contributed by atoms with E-state index in [1.54, 1.807) is 7.11 Å². The van der Waals surface area contributed by atoms with E-state index in [-0.39, 0.29) is 18.9 Å². The van der Waals surface area contributed by atoms with Gasteiger partial charge in [0.2, 0.25) is 0 Å². The van der Waals surface area contributed by atoms with Gasteiger partial charge in [-0.3, -0.25) is 0 Å². The smallest absolute Gasteiger partial charge is 0.848 e. The Balaban J connectivity index is 0.00000289. The Hall–Kier alpha value is -2.46. The fourth-order valence-electron chi connectivity index (χ4n) is 3.96. The second-order valence-electron chi connectivity index (χ2n) is 7.41. The largest absolute Gasteiger partial charge is 1.00 e. The molecule has 0 bridgehead atoms. The van der Waals surface area contributed by atoms with E-state index in [4.69, 9.17) is 4.74 Å². The summed E-state index contributed by atoms with van der Waals surface area (Å²) in [6, 6.07) is 39.3. The molecular weight excluding hydrogens is 406 g/mol. The summed E-state index contributed by atoms with van der Waals surface area (Å²) in [5, 5.41) is 17.0. The molecule has 0 saturated heterocycles. The zero-order valence-electron chi connectivity index (χ0n) is 18.6. The SMILES string of the molecule is COc1ccc(C([O-])CC=P(c2ccccc2)(c2ccccc2)c2ccccc2)cc1.[Li+]. The number of rotatable bonds is 7. The average Bonchev–Trinajstić information content (AvgIpc) is 2.86. The molecular formula is C28H26LiO2P. The molecule has 0 aliphatic carbocycles. The Bertz CT molecular complexity index is 1040. The van der Waals surface area contributed by atoms with Crippen LogP contribution in [-0.2, 0) is 0 Å². The van der Waals surface area contributed by atoms with Crippen molar-refractivity contribution >= 4 is 28.6 Å². The van der Waals surface area contributed by atoms with E-state index >= 15 is 0 Å². The Morgan fingerprint density at radius 3 is 1.47 bits per heavy atom. The molecule has 4 aromatic rings. The van der Waals surface area contributed by atoms with Crippen LogP contribution in [0.1, 0.15) is 18.1 Å². The quantitative estimate of drug-likeness (QED) is 0.326. The zero-order valence-corrected chi connectivity index (χ0v) is 19.5. The number of hydrogen-bond acceptors (Lipinski definition) is 2. The van der Waals surface area contributed by atoms with E-state index < -0.39 is 13.0 Å². The van der Waals surface area contributed by atoms with Crippen molar-refractivity contribution in [2.24, 2.45) is 0 Å². The molecule has 0 aromatic heterocycles. The first-order valence-corrected chi connectivity index (χ1v) is 12.3. The van der Waals surface area contributed by atoms with Gasteiger partial charge in [0.1, 0.15) is 5.75 Å². The Kier molecular flexibility index (Phi) is 8.63. The zero-order chi connectivity index (χ0) is 21.5. The predicted octanol–water partition coefficient (Wildman–Crippen LogP) is 1.29. The van der Waals surface area contributed by atoms with Gasteiger partial charge in [-0.1, -0.05) is 121 Å². The standard InChI is InChI=1S/C28H26O2P.Li/c1-30-24-19-17-23(18-20-24)28(29)21-22-31(25-11-5-2-6-12-25,26-13-7-3-8-14-26)27-15-9-4-10-16-27;/h2-20,22,28H,21H2,1H3;/q-1;+1. The minimum absolute atomic E-state index is 0. The maximum Gasteiger partial charge on any atom is 1.00 e. The molecule has 4 heteroatoms. The van der Waals surface area contributed by atoms with Crippen molar-refractivity contribution in [3.05, 3.63) is 121 Å². The number of benzene rings is 4. The molecule has 0 radical (unpaired) electrons. The van der Waals surface area contributed by atoms with Crippen LogP contribution in [-0.4, -0.2) is 12.9 Å². The summed E-state index contributed by atoms with van der Waals surface area (Å²) < 4.78 is 5.23. The minimum Gasteiger partial charge on any atom is -0.848 e. The van der Waals surface area contributed by atoms with Crippen LogP contribution in [0.15, 0.2) is 115 Å². The summed E-state index contributed by atoms with van der Waals surface area (Å²) in [5.41, 5.74) is 0.782. The van der Waals surface area contributed by atoms with Gasteiger partial charge in [-0.25, -0.2) is 0 Å². The van der Waals surface area contributed by atoms with E-state index in [0.717, 1.165) is 11.3 Å². The first kappa shape index (κ1) is 24.2. The van der Waals surface area contributed by atoms with E-state index in [1.807, 2.05) is 42.5 Å². The van der Waals surface area contributed by atoms with Gasteiger partial charge in [0.15, 0.2) is 0 Å². The normalized spacial score (nSPS) is 11.8. The van der Waals surface area contributed by atoms with Crippen LogP contribution in [0.4, 0.5) is 0 Å². The van der Waals surface area contributed by atoms with Crippen LogP contribution in [0.5, 0.6) is 5.75 Å². The molecule has 4 rings (SSSR count). The maximum atomic E-state index is 13.2. The summed E-state index contributed by atoms with van der Waals surface area (Å²) >= 11 is 0. The molecule has 0 saturated carbocycles. The predicted molar refractivity (Wildman–Crippen MR) is 132 cm³/mol. The van der Waals surface area contributed by atoms with Gasteiger partial charge < -0.3 is 9.84 Å². The average molecular weight is 432 g/mol. The molecule has 4 aromatic carbocycles. The molecule has 0 aliphatic rings. The molecule has 0 N–H and O–H groups in total. The second-order valence-corrected chi connectivity index (χ2v) is 10.8. The number of ether oxygens (including phenoxy) is 1. The molecule has 156 valence electrons. The van der Waals surface area contributed by atoms with Crippen molar-refractivity contribution < 1.29 is 28.7 Å². The minimum atomic E-state index is -2.09. The monoisotopic (exact) mass is 432 g/mol. The molecule has 0 aliphatic heterocycles. The van der Waals surface area contributed by atoms with E-state index in [1.165, 1.54) is 15.9 Å². The van der Waals surface area contributed by atoms with Crippen molar-refractivity contribution in [3.8, 4) is 5.75 Å². The van der Waals surface area contributed by atoms with Crippen molar-refractivity contribution in [1.82, 2.24) is 0 Å². The molecule has 1 atom stereocenters. The van der Waals surface area contributed by atoms with Gasteiger partial charge in [-0.15, -0.1) is 0 Å². The Morgan fingerprint density at radius 2 is 1.09 bits per heavy atom. The summed E-state index contributed by atoms with van der Waals surface area (Å²) in [5.74, 6) is 3.06. The van der Waals surface area contributed by atoms with Crippen molar-refractivity contribution in [2.75, 3.05) is 7.11 Å². The third-order valence-electron chi connectivity index (χ3n) is 5.57. The third-order valence-corrected chi connectivity index (χ3v) is 9.67. The molecule has 1 unspecified atom stereocenters. The van der Waals surface area contributed by atoms with Crippen molar-refractivity contribution in [2.45, 2.75) is 12.5 Å². The van der Waals surface area contributed by atoms with Crippen LogP contribution < -0.4 is 44.6 Å². The van der Waals surface area contributed by atoms with Crippen LogP contribution in [0, 0.1) is 0 Å². The molecule has 0 spiro atoms. The van der Waals surface area contributed by atoms with Crippen LogP contribution in [0.2, 0.25) is 0 Å². The summed E-state index contributed by atoms with van der Waals surface area (Å²) in [7, 11) is 1.63. The van der Waals surface area contributed by atoms with E-state index in [0.29, 0.717) is 6.42 Å². The molecule has 2 nitrogen and oxygen atoms in total. The van der Waals surface area contributed by atoms with Gasteiger partial charge in [0, 0.05) is 0 Å². The summed E-state index contributed by atoms with van der Waals surface area (Å²) in [4.78, 5) is 0. The summed E-state index contributed by atoms with van der Waals surface area (Å²) in [6.45, 7) is -2.09. The van der Waals surface area contributed by atoms with Gasteiger partial charge in [-0.2, -0.15) is 0 Å². The Labute approximate surface area is 203 Å². The third kappa shape index (κ3) is 5.12. The van der Waals surface area contributed by atoms with Crippen molar-refractivity contribution in [1.29, 1.82) is 0 Å². The maximum absolute atomic E-state index is 13.2. The molecule has 0 heterocycles. The van der Waals surface area contributed by atoms with Crippen LogP contribution in [0.25, 0.3) is 0 Å². The molecule has 0 amide bonds. The number of methoxy groups -OCH3 is 1. The van der Waals surface area contributed by atoms with Gasteiger partial charge in [-0.05, 0) is 41.4 Å². The Morgan fingerprint density at radius 1 is 0.688 bits per heavy atom. The van der Waals surface area contributed by atoms with Gasteiger partial charge in [0.25, 0.3) is 0 Å². The van der Waals surface area contributed by atoms with Crippen LogP contribution in [0.3, 0.4) is 0 Å². The van der Waals surface area contributed by atoms with Crippen molar-refractivity contribution in [3.63, 3.8) is 0 Å². The van der Waals surface area contributed by atoms with Crippen LogP contribution >= 0.6 is 6.89 Å². The van der Waals surface area contributed by atoms with E-state index in [9.17, 15) is 5.11 Å². The molecule has 0 fully saturated rings. The fraction of sp³-hybridized carbons (Fsp3) is 0.107. The van der Waals surface area contributed by atoms with Gasteiger partial charge in [0.05, 0.1) is 7.11 Å². The van der Waals surface area contributed by atoms with E-state index in [2.05, 4.69) is 78.6 Å². The summed E-state index contributed by atoms with van der Waals surface area (Å²) in [6.07, 6.45) is -0.389. The number of hydrogen-bond donors (Lipinski definition) is 0. The van der Waals surface area contributed by atoms with Gasteiger partial charge >= 0.3 is 18.9 Å². The first-order valence-electron chi connectivity index (χ1n) is 10.4. The fourth-order valence-corrected chi connectivity index (χ4v) is 7.92.